The minimum absolute atomic E-state index is 0.222. The van der Waals surface area contributed by atoms with Crippen molar-refractivity contribution in [2.45, 2.75) is 33.7 Å². The molecule has 0 saturated carbocycles. The van der Waals surface area contributed by atoms with Crippen LogP contribution >= 0.6 is 0 Å². The summed E-state index contributed by atoms with van der Waals surface area (Å²) in [5.41, 5.74) is 7.41. The van der Waals surface area contributed by atoms with Crippen molar-refractivity contribution < 1.29 is 4.39 Å². The topological polar surface area (TPSA) is 29.3 Å². The summed E-state index contributed by atoms with van der Waals surface area (Å²) < 4.78 is 13.7. The average molecular weight is 288 g/mol. The maximum atomic E-state index is 13.7. The monoisotopic (exact) mass is 288 g/mol. The van der Waals surface area contributed by atoms with Crippen LogP contribution in [-0.4, -0.2) is 24.5 Å². The lowest BCUT2D eigenvalue weighted by atomic mass is 9.80. The third-order valence-electron chi connectivity index (χ3n) is 4.20. The van der Waals surface area contributed by atoms with Gasteiger partial charge in [0.2, 0.25) is 0 Å². The molecule has 1 aliphatic rings. The number of likely N-dealkylation sites (tertiary alicyclic amines) is 1. The van der Waals surface area contributed by atoms with E-state index in [1.165, 1.54) is 12.5 Å². The van der Waals surface area contributed by atoms with Crippen LogP contribution in [0.2, 0.25) is 0 Å². The molecule has 1 atom stereocenters. The smallest absolute Gasteiger partial charge is 0.124 e. The Balaban J connectivity index is 2.05. The van der Waals surface area contributed by atoms with Gasteiger partial charge in [0.1, 0.15) is 5.82 Å². The average Bonchev–Trinajstić information content (AvgIpc) is 2.84. The van der Waals surface area contributed by atoms with Crippen LogP contribution in [0, 0.1) is 29.0 Å². The largest absolute Gasteiger partial charge is 0.320 e. The molecule has 0 aromatic heterocycles. The normalized spacial score (nSPS) is 19.4. The predicted octanol–water partition coefficient (Wildman–Crippen LogP) is 3.00. The molecule has 2 nitrogen and oxygen atoms in total. The summed E-state index contributed by atoms with van der Waals surface area (Å²) in [6, 6.07) is 5.04. The molecular formula is C18H25FN2. The Morgan fingerprint density at radius 2 is 2.10 bits per heavy atom. The summed E-state index contributed by atoms with van der Waals surface area (Å²) in [7, 11) is 0. The number of nitrogens with zero attached hydrogens (tertiary/aromatic N) is 1. The molecule has 1 saturated heterocycles. The van der Waals surface area contributed by atoms with E-state index in [1.807, 2.05) is 6.07 Å². The van der Waals surface area contributed by atoms with Crippen molar-refractivity contribution in [1.29, 1.82) is 0 Å². The summed E-state index contributed by atoms with van der Waals surface area (Å²) >= 11 is 0. The molecular weight excluding hydrogens is 263 g/mol. The third kappa shape index (κ3) is 4.56. The fourth-order valence-corrected chi connectivity index (χ4v) is 2.91. The number of hydrogen-bond donors (Lipinski definition) is 1. The first-order chi connectivity index (χ1) is 9.88. The SMILES string of the molecule is CC(C)(C)C1CCN(Cc2cc(F)cc(C#CCN)c2)C1. The van der Waals surface area contributed by atoms with Crippen LogP contribution in [0.15, 0.2) is 18.2 Å². The van der Waals surface area contributed by atoms with Crippen LogP contribution in [0.3, 0.4) is 0 Å². The number of nitrogens with two attached hydrogens (primary N) is 1. The zero-order chi connectivity index (χ0) is 15.5. The minimum Gasteiger partial charge on any atom is -0.320 e. The first-order valence-corrected chi connectivity index (χ1v) is 7.59. The quantitative estimate of drug-likeness (QED) is 0.848. The Hall–Kier alpha value is -1.37. The predicted molar refractivity (Wildman–Crippen MR) is 85.2 cm³/mol. The number of benzene rings is 1. The van der Waals surface area contributed by atoms with Gasteiger partial charge in [-0.15, -0.1) is 0 Å². The van der Waals surface area contributed by atoms with E-state index in [0.717, 1.165) is 25.2 Å². The Labute approximate surface area is 127 Å². The van der Waals surface area contributed by atoms with Gasteiger partial charge in [0.15, 0.2) is 0 Å². The van der Waals surface area contributed by atoms with Crippen molar-refractivity contribution in [2.75, 3.05) is 19.6 Å². The zero-order valence-electron chi connectivity index (χ0n) is 13.2. The molecule has 1 unspecified atom stereocenters. The highest BCUT2D eigenvalue weighted by atomic mass is 19.1. The lowest BCUT2D eigenvalue weighted by Gasteiger charge is -2.27. The van der Waals surface area contributed by atoms with Crippen LogP contribution < -0.4 is 5.73 Å². The van der Waals surface area contributed by atoms with E-state index in [9.17, 15) is 4.39 Å². The van der Waals surface area contributed by atoms with Gasteiger partial charge in [0.05, 0.1) is 6.54 Å². The van der Waals surface area contributed by atoms with Crippen molar-refractivity contribution in [1.82, 2.24) is 4.90 Å². The Morgan fingerprint density at radius 1 is 1.33 bits per heavy atom. The van der Waals surface area contributed by atoms with E-state index in [1.54, 1.807) is 6.07 Å². The van der Waals surface area contributed by atoms with Crippen molar-refractivity contribution in [3.8, 4) is 11.8 Å². The molecule has 1 fully saturated rings. The molecule has 0 bridgehead atoms. The van der Waals surface area contributed by atoms with E-state index in [0.29, 0.717) is 23.4 Å². The van der Waals surface area contributed by atoms with Crippen molar-refractivity contribution in [3.05, 3.63) is 35.1 Å². The maximum absolute atomic E-state index is 13.7. The molecule has 1 aliphatic heterocycles. The number of hydrogen-bond acceptors (Lipinski definition) is 2. The van der Waals surface area contributed by atoms with Crippen LogP contribution in [0.4, 0.5) is 4.39 Å². The molecule has 0 spiro atoms. The summed E-state index contributed by atoms with van der Waals surface area (Å²) in [5, 5.41) is 0. The molecule has 1 aromatic rings. The lowest BCUT2D eigenvalue weighted by Crippen LogP contribution is -2.25. The van der Waals surface area contributed by atoms with Gasteiger partial charge >= 0.3 is 0 Å². The Kier molecular flexibility index (Phi) is 5.03. The van der Waals surface area contributed by atoms with Crippen molar-refractivity contribution >= 4 is 0 Å². The van der Waals surface area contributed by atoms with E-state index < -0.39 is 0 Å². The van der Waals surface area contributed by atoms with Crippen LogP contribution in [0.25, 0.3) is 0 Å². The highest BCUT2D eigenvalue weighted by molar-refractivity contribution is 5.38. The first kappa shape index (κ1) is 16.0. The van der Waals surface area contributed by atoms with E-state index in [2.05, 4.69) is 37.5 Å². The zero-order valence-corrected chi connectivity index (χ0v) is 13.2. The molecule has 0 aliphatic carbocycles. The van der Waals surface area contributed by atoms with Crippen molar-refractivity contribution in [3.63, 3.8) is 0 Å². The summed E-state index contributed by atoms with van der Waals surface area (Å²) in [6.45, 7) is 10.1. The molecule has 0 amide bonds. The second-order valence-corrected chi connectivity index (χ2v) is 6.94. The van der Waals surface area contributed by atoms with Gasteiger partial charge in [0.25, 0.3) is 0 Å². The second kappa shape index (κ2) is 6.60. The molecule has 2 N–H and O–H groups in total. The van der Waals surface area contributed by atoms with E-state index >= 15 is 0 Å². The molecule has 114 valence electrons. The summed E-state index contributed by atoms with van der Waals surface area (Å²) in [5.74, 6) is 6.18. The summed E-state index contributed by atoms with van der Waals surface area (Å²) in [4.78, 5) is 2.41. The fourth-order valence-electron chi connectivity index (χ4n) is 2.91. The molecule has 2 rings (SSSR count). The molecule has 0 radical (unpaired) electrons. The standard InChI is InChI=1S/C18H25FN2/c1-18(2,3)16-6-8-21(13-16)12-15-9-14(5-4-7-20)10-17(19)11-15/h9-11,16H,6-8,12-13,20H2,1-3H3. The van der Waals surface area contributed by atoms with Crippen LogP contribution in [0.1, 0.15) is 38.3 Å². The minimum atomic E-state index is -0.222. The van der Waals surface area contributed by atoms with Gasteiger partial charge in [-0.3, -0.25) is 4.90 Å². The van der Waals surface area contributed by atoms with Gasteiger partial charge in [-0.1, -0.05) is 32.6 Å². The fraction of sp³-hybridized carbons (Fsp3) is 0.556. The highest BCUT2D eigenvalue weighted by Crippen LogP contribution is 2.34. The van der Waals surface area contributed by atoms with Crippen LogP contribution in [0.5, 0.6) is 0 Å². The molecule has 1 aromatic carbocycles. The van der Waals surface area contributed by atoms with Gasteiger partial charge in [-0.2, -0.15) is 0 Å². The highest BCUT2D eigenvalue weighted by Gasteiger charge is 2.31. The lowest BCUT2D eigenvalue weighted by molar-refractivity contribution is 0.226. The third-order valence-corrected chi connectivity index (χ3v) is 4.20. The van der Waals surface area contributed by atoms with Crippen molar-refractivity contribution in [2.24, 2.45) is 17.1 Å². The number of halogens is 1. The van der Waals surface area contributed by atoms with Crippen LogP contribution in [-0.2, 0) is 6.54 Å². The van der Waals surface area contributed by atoms with Gasteiger partial charge in [-0.05, 0) is 48.1 Å². The maximum Gasteiger partial charge on any atom is 0.124 e. The molecule has 1 heterocycles. The Bertz CT molecular complexity index is 549. The van der Waals surface area contributed by atoms with Gasteiger partial charge in [-0.25, -0.2) is 4.39 Å². The number of rotatable bonds is 2. The molecule has 21 heavy (non-hydrogen) atoms. The van der Waals surface area contributed by atoms with E-state index in [4.69, 9.17) is 5.73 Å². The second-order valence-electron chi connectivity index (χ2n) is 6.94. The first-order valence-electron chi connectivity index (χ1n) is 7.59. The summed E-state index contributed by atoms with van der Waals surface area (Å²) in [6.07, 6.45) is 1.22. The van der Waals surface area contributed by atoms with Gasteiger partial charge < -0.3 is 5.73 Å². The Morgan fingerprint density at radius 3 is 2.71 bits per heavy atom. The molecule has 3 heteroatoms. The van der Waals surface area contributed by atoms with Gasteiger partial charge in [0, 0.05) is 18.7 Å². The van der Waals surface area contributed by atoms with E-state index in [-0.39, 0.29) is 5.82 Å².